The van der Waals surface area contributed by atoms with Crippen molar-refractivity contribution in [2.75, 3.05) is 12.3 Å². The van der Waals surface area contributed by atoms with Gasteiger partial charge >= 0.3 is 0 Å². The van der Waals surface area contributed by atoms with Crippen molar-refractivity contribution < 1.29 is 13.2 Å². The zero-order chi connectivity index (χ0) is 12.7. The van der Waals surface area contributed by atoms with E-state index in [-0.39, 0.29) is 5.75 Å². The lowest BCUT2D eigenvalue weighted by molar-refractivity contribution is -0.118. The number of rotatable bonds is 6. The average molecular weight is 255 g/mol. The zero-order valence-corrected chi connectivity index (χ0v) is 10.7. The van der Waals surface area contributed by atoms with Gasteiger partial charge < -0.3 is 5.32 Å². The Morgan fingerprint density at radius 3 is 2.47 bits per heavy atom. The second kappa shape index (κ2) is 6.39. The molecule has 0 aliphatic heterocycles. The van der Waals surface area contributed by atoms with Gasteiger partial charge in [-0.2, -0.15) is 0 Å². The molecule has 1 aromatic rings. The number of hydrogen-bond acceptors (Lipinski definition) is 3. The van der Waals surface area contributed by atoms with Crippen LogP contribution >= 0.6 is 0 Å². The molecule has 0 fully saturated rings. The summed E-state index contributed by atoms with van der Waals surface area (Å²) in [6.45, 7) is 2.43. The van der Waals surface area contributed by atoms with Gasteiger partial charge in [0, 0.05) is 6.54 Å². The summed E-state index contributed by atoms with van der Waals surface area (Å²) in [7, 11) is -3.38. The molecule has 1 N–H and O–H groups in total. The van der Waals surface area contributed by atoms with E-state index in [1.165, 1.54) is 0 Å². The van der Waals surface area contributed by atoms with Gasteiger partial charge in [0.2, 0.25) is 5.91 Å². The largest absolute Gasteiger partial charge is 0.355 e. The summed E-state index contributed by atoms with van der Waals surface area (Å²) < 4.78 is 23.4. The quantitative estimate of drug-likeness (QED) is 0.828. The first kappa shape index (κ1) is 13.7. The van der Waals surface area contributed by atoms with Crippen LogP contribution in [-0.4, -0.2) is 26.6 Å². The number of sulfone groups is 1. The maximum absolute atomic E-state index is 11.7. The second-order valence-corrected chi connectivity index (χ2v) is 5.93. The number of hydrogen-bond donors (Lipinski definition) is 1. The van der Waals surface area contributed by atoms with Crippen molar-refractivity contribution in [3.63, 3.8) is 0 Å². The first-order valence-electron chi connectivity index (χ1n) is 5.54. The summed E-state index contributed by atoms with van der Waals surface area (Å²) >= 11 is 0. The summed E-state index contributed by atoms with van der Waals surface area (Å²) in [6.07, 6.45) is 0.796. The molecule has 1 aromatic carbocycles. The van der Waals surface area contributed by atoms with Crippen molar-refractivity contribution in [2.24, 2.45) is 0 Å². The molecule has 0 radical (unpaired) electrons. The summed E-state index contributed by atoms with van der Waals surface area (Å²) in [5.41, 5.74) is 0.704. The van der Waals surface area contributed by atoms with Crippen molar-refractivity contribution in [3.05, 3.63) is 35.9 Å². The molecule has 1 amide bonds. The second-order valence-electron chi connectivity index (χ2n) is 3.87. The van der Waals surface area contributed by atoms with Gasteiger partial charge in [0.15, 0.2) is 9.84 Å². The summed E-state index contributed by atoms with van der Waals surface area (Å²) in [4.78, 5) is 11.3. The lowest BCUT2D eigenvalue weighted by Gasteiger charge is -2.05. The predicted molar refractivity (Wildman–Crippen MR) is 67.2 cm³/mol. The van der Waals surface area contributed by atoms with E-state index < -0.39 is 21.5 Å². The van der Waals surface area contributed by atoms with Gasteiger partial charge in [-0.15, -0.1) is 0 Å². The standard InChI is InChI=1S/C12H17NO3S/c1-2-8-13-12(14)10-17(15,16)9-11-6-4-3-5-7-11/h3-7H,2,8-10H2,1H3,(H,13,14). The lowest BCUT2D eigenvalue weighted by Crippen LogP contribution is -2.31. The van der Waals surface area contributed by atoms with E-state index in [0.29, 0.717) is 12.1 Å². The fraction of sp³-hybridized carbons (Fsp3) is 0.417. The number of nitrogens with one attached hydrogen (secondary N) is 1. The van der Waals surface area contributed by atoms with Crippen molar-refractivity contribution in [1.82, 2.24) is 5.32 Å². The Balaban J connectivity index is 2.55. The number of benzene rings is 1. The smallest absolute Gasteiger partial charge is 0.235 e. The fourth-order valence-electron chi connectivity index (χ4n) is 1.39. The molecule has 0 unspecified atom stereocenters. The molecule has 0 aromatic heterocycles. The van der Waals surface area contributed by atoms with Gasteiger partial charge in [0.25, 0.3) is 0 Å². The first-order valence-corrected chi connectivity index (χ1v) is 7.36. The maximum atomic E-state index is 11.7. The monoisotopic (exact) mass is 255 g/mol. The van der Waals surface area contributed by atoms with Crippen LogP contribution in [0.1, 0.15) is 18.9 Å². The Kier molecular flexibility index (Phi) is 5.15. The van der Waals surface area contributed by atoms with Crippen LogP contribution in [0.25, 0.3) is 0 Å². The van der Waals surface area contributed by atoms with Crippen LogP contribution in [0.4, 0.5) is 0 Å². The van der Waals surface area contributed by atoms with E-state index in [4.69, 9.17) is 0 Å². The van der Waals surface area contributed by atoms with Crippen molar-refractivity contribution in [1.29, 1.82) is 0 Å². The topological polar surface area (TPSA) is 63.2 Å². The third-order valence-corrected chi connectivity index (χ3v) is 3.63. The summed E-state index contributed by atoms with van der Waals surface area (Å²) in [5.74, 6) is -0.960. The van der Waals surface area contributed by atoms with Crippen LogP contribution in [0.3, 0.4) is 0 Å². The van der Waals surface area contributed by atoms with Gasteiger partial charge in [-0.05, 0) is 12.0 Å². The van der Waals surface area contributed by atoms with E-state index in [9.17, 15) is 13.2 Å². The van der Waals surface area contributed by atoms with Gasteiger partial charge in [-0.25, -0.2) is 8.42 Å². The lowest BCUT2D eigenvalue weighted by atomic mass is 10.2. The van der Waals surface area contributed by atoms with E-state index in [1.54, 1.807) is 24.3 Å². The highest BCUT2D eigenvalue weighted by atomic mass is 32.2. The van der Waals surface area contributed by atoms with Gasteiger partial charge in [0.05, 0.1) is 5.75 Å². The van der Waals surface area contributed by atoms with E-state index in [0.717, 1.165) is 6.42 Å². The molecular formula is C12H17NO3S. The van der Waals surface area contributed by atoms with Crippen LogP contribution in [0.5, 0.6) is 0 Å². The minimum atomic E-state index is -3.38. The van der Waals surface area contributed by atoms with E-state index >= 15 is 0 Å². The Morgan fingerprint density at radius 1 is 1.24 bits per heavy atom. The van der Waals surface area contributed by atoms with Crippen LogP contribution in [0.15, 0.2) is 30.3 Å². The van der Waals surface area contributed by atoms with Gasteiger partial charge in [-0.1, -0.05) is 37.3 Å². The molecule has 0 saturated carbocycles. The highest BCUT2D eigenvalue weighted by Crippen LogP contribution is 2.05. The minimum absolute atomic E-state index is 0.0899. The van der Waals surface area contributed by atoms with Gasteiger partial charge in [-0.3, -0.25) is 4.79 Å². The van der Waals surface area contributed by atoms with Crippen LogP contribution in [-0.2, 0) is 20.4 Å². The normalized spacial score (nSPS) is 11.1. The summed E-state index contributed by atoms with van der Waals surface area (Å²) in [6, 6.07) is 8.86. The Bertz CT molecular complexity index is 454. The van der Waals surface area contributed by atoms with Crippen molar-refractivity contribution in [3.8, 4) is 0 Å². The molecule has 5 heteroatoms. The highest BCUT2D eigenvalue weighted by molar-refractivity contribution is 7.91. The molecule has 1 rings (SSSR count). The molecule has 17 heavy (non-hydrogen) atoms. The number of amides is 1. The van der Waals surface area contributed by atoms with E-state index in [2.05, 4.69) is 5.32 Å². The number of carbonyl (C=O) groups excluding carboxylic acids is 1. The molecule has 0 aliphatic rings. The Hall–Kier alpha value is -1.36. The van der Waals surface area contributed by atoms with Crippen molar-refractivity contribution in [2.45, 2.75) is 19.1 Å². The van der Waals surface area contributed by atoms with Crippen molar-refractivity contribution >= 4 is 15.7 Å². The maximum Gasteiger partial charge on any atom is 0.235 e. The molecule has 0 aliphatic carbocycles. The predicted octanol–water partition coefficient (Wildman–Crippen LogP) is 1.13. The molecule has 0 spiro atoms. The highest BCUT2D eigenvalue weighted by Gasteiger charge is 2.16. The van der Waals surface area contributed by atoms with Gasteiger partial charge in [0.1, 0.15) is 5.75 Å². The van der Waals surface area contributed by atoms with Crippen LogP contribution in [0.2, 0.25) is 0 Å². The Morgan fingerprint density at radius 2 is 1.88 bits per heavy atom. The molecule has 94 valence electrons. The molecular weight excluding hydrogens is 238 g/mol. The third-order valence-electron chi connectivity index (χ3n) is 2.15. The Labute approximate surface area is 102 Å². The van der Waals surface area contributed by atoms with Crippen LogP contribution < -0.4 is 5.32 Å². The molecule has 0 atom stereocenters. The zero-order valence-electron chi connectivity index (χ0n) is 9.85. The molecule has 0 heterocycles. The molecule has 4 nitrogen and oxygen atoms in total. The van der Waals surface area contributed by atoms with Crippen LogP contribution in [0, 0.1) is 0 Å². The average Bonchev–Trinajstić information content (AvgIpc) is 2.26. The minimum Gasteiger partial charge on any atom is -0.355 e. The van der Waals surface area contributed by atoms with E-state index in [1.807, 2.05) is 13.0 Å². The number of carbonyl (C=O) groups is 1. The summed E-state index contributed by atoms with van der Waals surface area (Å²) in [5, 5.41) is 2.56. The SMILES string of the molecule is CCCNC(=O)CS(=O)(=O)Cc1ccccc1. The molecule has 0 saturated heterocycles. The third kappa shape index (κ3) is 5.49. The fourth-order valence-corrected chi connectivity index (χ4v) is 2.70. The molecule has 0 bridgehead atoms. The first-order chi connectivity index (χ1) is 8.03.